The van der Waals surface area contributed by atoms with Gasteiger partial charge in [0.25, 0.3) is 5.52 Å². The number of carboxylic acid groups (broad SMARTS) is 1. The van der Waals surface area contributed by atoms with E-state index in [-0.39, 0.29) is 23.4 Å². The van der Waals surface area contributed by atoms with Crippen LogP contribution in [0.1, 0.15) is 17.0 Å². The molecule has 0 saturated heterocycles. The Kier molecular flexibility index (Phi) is 4.98. The number of aromatic nitrogens is 1. The van der Waals surface area contributed by atoms with E-state index in [1.165, 1.54) is 0 Å². The first-order valence-corrected chi connectivity index (χ1v) is 6.81. The van der Waals surface area contributed by atoms with Gasteiger partial charge in [0.2, 0.25) is 5.58 Å². The number of hydrogen-bond donors (Lipinski definition) is 1. The minimum absolute atomic E-state index is 0. The van der Waals surface area contributed by atoms with E-state index in [1.807, 2.05) is 55.5 Å². The monoisotopic (exact) mass is 361 g/mol. The molecule has 0 atom stereocenters. The number of para-hydroxylation sites is 2. The average molecular weight is 362 g/mol. The van der Waals surface area contributed by atoms with E-state index >= 15 is 0 Å². The van der Waals surface area contributed by atoms with Crippen LogP contribution in [0.4, 0.5) is 0 Å². The Balaban J connectivity index is 0.00000176. The van der Waals surface area contributed by atoms with Gasteiger partial charge in [-0.1, -0.05) is 36.4 Å². The van der Waals surface area contributed by atoms with E-state index in [4.69, 9.17) is 9.52 Å². The van der Waals surface area contributed by atoms with Gasteiger partial charge in [-0.2, -0.15) is 4.57 Å². The van der Waals surface area contributed by atoms with E-state index in [9.17, 15) is 4.79 Å². The van der Waals surface area contributed by atoms with E-state index in [1.54, 1.807) is 0 Å². The van der Waals surface area contributed by atoms with Crippen LogP contribution in [0.2, 0.25) is 0 Å². The molecule has 1 N–H and O–H groups in total. The molecule has 0 aliphatic heterocycles. The maximum atomic E-state index is 10.7. The molecule has 3 aromatic rings. The standard InChI is InChI=1S/C17H15NO3.BrH/c1-12-18(15-4-2-3-5-16(15)21-12)11-14-8-6-13(7-9-14)10-17(19)20;/h2-9H,10-11H2,1H3;1H. The lowest BCUT2D eigenvalue weighted by Crippen LogP contribution is -3.00. The first-order chi connectivity index (χ1) is 10.1. The number of rotatable bonds is 4. The van der Waals surface area contributed by atoms with Crippen molar-refractivity contribution in [1.82, 2.24) is 0 Å². The Morgan fingerprint density at radius 3 is 2.41 bits per heavy atom. The summed E-state index contributed by atoms with van der Waals surface area (Å²) in [6.45, 7) is 2.65. The third kappa shape index (κ3) is 3.36. The summed E-state index contributed by atoms with van der Waals surface area (Å²) in [6, 6.07) is 15.6. The summed E-state index contributed by atoms with van der Waals surface area (Å²) in [4.78, 5) is 10.7. The van der Waals surface area contributed by atoms with Gasteiger partial charge >= 0.3 is 11.9 Å². The molecule has 0 radical (unpaired) electrons. The van der Waals surface area contributed by atoms with E-state index < -0.39 is 5.97 Å². The molecule has 0 aliphatic carbocycles. The van der Waals surface area contributed by atoms with E-state index in [0.717, 1.165) is 28.1 Å². The molecule has 0 unspecified atom stereocenters. The smallest absolute Gasteiger partial charge is 0.345 e. The van der Waals surface area contributed by atoms with Crippen molar-refractivity contribution in [3.8, 4) is 0 Å². The third-order valence-corrected chi connectivity index (χ3v) is 3.51. The van der Waals surface area contributed by atoms with Crippen LogP contribution in [0.15, 0.2) is 52.9 Å². The second-order valence-electron chi connectivity index (χ2n) is 5.06. The van der Waals surface area contributed by atoms with Crippen LogP contribution in [0.5, 0.6) is 0 Å². The van der Waals surface area contributed by atoms with Crippen molar-refractivity contribution < 1.29 is 35.9 Å². The maximum Gasteiger partial charge on any atom is 0.345 e. The molecule has 3 rings (SSSR count). The zero-order chi connectivity index (χ0) is 14.8. The summed E-state index contributed by atoms with van der Waals surface area (Å²) in [5.41, 5.74) is 3.86. The summed E-state index contributed by atoms with van der Waals surface area (Å²) in [7, 11) is 0. The van der Waals surface area contributed by atoms with Crippen molar-refractivity contribution >= 4 is 17.1 Å². The molecule has 0 fully saturated rings. The number of fused-ring (bicyclic) bond motifs is 1. The molecule has 4 nitrogen and oxygen atoms in total. The minimum atomic E-state index is -0.811. The number of carbonyl (C=O) groups is 1. The van der Waals surface area contributed by atoms with Crippen LogP contribution in [-0.2, 0) is 17.8 Å². The predicted octanol–water partition coefficient (Wildman–Crippen LogP) is -0.292. The zero-order valence-corrected chi connectivity index (χ0v) is 13.7. The summed E-state index contributed by atoms with van der Waals surface area (Å²) in [5, 5.41) is 8.78. The molecule has 2 aromatic carbocycles. The highest BCUT2D eigenvalue weighted by Gasteiger charge is 2.18. The van der Waals surface area contributed by atoms with Crippen LogP contribution in [0.25, 0.3) is 11.1 Å². The number of aliphatic carboxylic acids is 1. The Hall–Kier alpha value is -2.14. The van der Waals surface area contributed by atoms with Gasteiger partial charge < -0.3 is 26.5 Å². The van der Waals surface area contributed by atoms with Gasteiger partial charge in [-0.15, -0.1) is 0 Å². The molecule has 0 amide bonds. The molecule has 0 bridgehead atoms. The van der Waals surface area contributed by atoms with Crippen LogP contribution < -0.4 is 21.5 Å². The molecule has 22 heavy (non-hydrogen) atoms. The fourth-order valence-corrected chi connectivity index (χ4v) is 2.47. The summed E-state index contributed by atoms with van der Waals surface area (Å²) in [6.07, 6.45) is 0.0566. The van der Waals surface area contributed by atoms with Crippen molar-refractivity contribution in [2.24, 2.45) is 0 Å². The van der Waals surface area contributed by atoms with Gasteiger partial charge in [0.1, 0.15) is 0 Å². The lowest BCUT2D eigenvalue weighted by molar-refractivity contribution is -0.674. The van der Waals surface area contributed by atoms with Crippen molar-refractivity contribution in [3.63, 3.8) is 0 Å². The molecule has 1 heterocycles. The van der Waals surface area contributed by atoms with Gasteiger partial charge in [0, 0.05) is 11.6 Å². The Morgan fingerprint density at radius 1 is 1.09 bits per heavy atom. The van der Waals surface area contributed by atoms with Crippen LogP contribution in [-0.4, -0.2) is 11.1 Å². The highest BCUT2D eigenvalue weighted by molar-refractivity contribution is 5.70. The first kappa shape index (κ1) is 16.2. The van der Waals surface area contributed by atoms with Gasteiger partial charge in [0.05, 0.1) is 13.3 Å². The number of benzene rings is 2. The normalized spacial score (nSPS) is 10.4. The molecule has 0 saturated carbocycles. The molecule has 0 spiro atoms. The number of nitrogens with zero attached hydrogens (tertiary/aromatic N) is 1. The number of aryl methyl sites for hydroxylation is 1. The van der Waals surface area contributed by atoms with Crippen molar-refractivity contribution in [2.75, 3.05) is 0 Å². The van der Waals surface area contributed by atoms with Crippen molar-refractivity contribution in [1.29, 1.82) is 0 Å². The Labute approximate surface area is 138 Å². The molecule has 5 heteroatoms. The van der Waals surface area contributed by atoms with E-state index in [2.05, 4.69) is 4.57 Å². The quantitative estimate of drug-likeness (QED) is 0.649. The first-order valence-electron chi connectivity index (χ1n) is 6.81. The summed E-state index contributed by atoms with van der Waals surface area (Å²) in [5.74, 6) is 0.0413. The van der Waals surface area contributed by atoms with Gasteiger partial charge in [-0.05, 0) is 11.6 Å². The second kappa shape index (κ2) is 6.75. The number of halogens is 1. The Bertz CT molecular complexity index is 793. The van der Waals surface area contributed by atoms with Gasteiger partial charge in [-0.25, -0.2) is 0 Å². The summed E-state index contributed by atoms with van der Waals surface area (Å²) >= 11 is 0. The fraction of sp³-hybridized carbons (Fsp3) is 0.176. The van der Waals surface area contributed by atoms with Crippen molar-refractivity contribution in [2.45, 2.75) is 19.9 Å². The highest BCUT2D eigenvalue weighted by atomic mass is 79.9. The Morgan fingerprint density at radius 2 is 1.73 bits per heavy atom. The van der Waals surface area contributed by atoms with E-state index in [0.29, 0.717) is 6.54 Å². The summed E-state index contributed by atoms with van der Waals surface area (Å²) < 4.78 is 7.85. The van der Waals surface area contributed by atoms with Crippen LogP contribution in [0, 0.1) is 6.92 Å². The lowest BCUT2D eigenvalue weighted by atomic mass is 10.1. The number of hydrogen-bond acceptors (Lipinski definition) is 2. The highest BCUT2D eigenvalue weighted by Crippen LogP contribution is 2.14. The molecular formula is C17H16BrNO3. The van der Waals surface area contributed by atoms with Gasteiger partial charge in [0.15, 0.2) is 6.54 Å². The predicted molar refractivity (Wildman–Crippen MR) is 78.0 cm³/mol. The molecular weight excluding hydrogens is 346 g/mol. The fourth-order valence-electron chi connectivity index (χ4n) is 2.47. The largest absolute Gasteiger partial charge is 1.00 e. The number of oxazole rings is 1. The topological polar surface area (TPSA) is 54.3 Å². The van der Waals surface area contributed by atoms with Crippen LogP contribution in [0.3, 0.4) is 0 Å². The lowest BCUT2D eigenvalue weighted by Gasteiger charge is -2.00. The maximum absolute atomic E-state index is 10.7. The minimum Gasteiger partial charge on any atom is -1.00 e. The third-order valence-electron chi connectivity index (χ3n) is 3.51. The van der Waals surface area contributed by atoms with Gasteiger partial charge in [-0.3, -0.25) is 4.79 Å². The van der Waals surface area contributed by atoms with Crippen molar-refractivity contribution in [3.05, 3.63) is 65.5 Å². The molecule has 1 aromatic heterocycles. The molecule has 114 valence electrons. The average Bonchev–Trinajstić information content (AvgIpc) is 2.77. The zero-order valence-electron chi connectivity index (χ0n) is 12.1. The SMILES string of the molecule is Cc1oc2ccccc2[n+]1Cc1ccc(CC(=O)O)cc1.[Br-]. The molecule has 0 aliphatic rings. The van der Waals surface area contributed by atoms with Crippen LogP contribution >= 0.6 is 0 Å². The second-order valence-corrected chi connectivity index (χ2v) is 5.06. The number of carboxylic acids is 1.